The Balaban J connectivity index is 1.84. The molecule has 0 bridgehead atoms. The number of nitrogens with zero attached hydrogens (tertiary/aromatic N) is 4. The Morgan fingerprint density at radius 3 is 2.56 bits per heavy atom. The summed E-state index contributed by atoms with van der Waals surface area (Å²) in [7, 11) is 0. The Hall–Kier alpha value is -3.28. The van der Waals surface area contributed by atoms with E-state index in [1.807, 2.05) is 66.4 Å². The van der Waals surface area contributed by atoms with Gasteiger partial charge in [0.05, 0.1) is 5.69 Å². The van der Waals surface area contributed by atoms with Crippen molar-refractivity contribution in [1.29, 1.82) is 0 Å². The summed E-state index contributed by atoms with van der Waals surface area (Å²) in [6, 6.07) is 16.9. The third-order valence-electron chi connectivity index (χ3n) is 5.47. The topological polar surface area (TPSA) is 68.1 Å². The number of piperidine rings is 1. The third-order valence-corrected chi connectivity index (χ3v) is 5.47. The van der Waals surface area contributed by atoms with Crippen molar-refractivity contribution in [3.05, 3.63) is 65.0 Å². The van der Waals surface area contributed by atoms with Gasteiger partial charge < -0.3 is 0 Å². The van der Waals surface area contributed by atoms with Gasteiger partial charge in [0.1, 0.15) is 5.66 Å². The molecule has 1 unspecified atom stereocenters. The van der Waals surface area contributed by atoms with Crippen LogP contribution in [0, 0.1) is 0 Å². The van der Waals surface area contributed by atoms with E-state index in [2.05, 4.69) is 4.98 Å². The largest absolute Gasteiger partial charge is 0.300 e. The van der Waals surface area contributed by atoms with Gasteiger partial charge >= 0.3 is 0 Å². The Kier molecular flexibility index (Phi) is 3.31. The van der Waals surface area contributed by atoms with Crippen molar-refractivity contribution in [1.82, 2.24) is 14.8 Å². The maximum Gasteiger partial charge on any atom is 0.300 e. The van der Waals surface area contributed by atoms with Gasteiger partial charge in [-0.15, -0.1) is 0 Å². The summed E-state index contributed by atoms with van der Waals surface area (Å²) in [5.41, 5.74) is 1.55. The van der Waals surface area contributed by atoms with Crippen molar-refractivity contribution in [2.75, 3.05) is 4.90 Å². The second-order valence-electron chi connectivity index (χ2n) is 7.18. The zero-order chi connectivity index (χ0) is 18.6. The van der Waals surface area contributed by atoms with Gasteiger partial charge in [0.15, 0.2) is 11.5 Å². The van der Waals surface area contributed by atoms with Crippen molar-refractivity contribution in [2.45, 2.75) is 31.8 Å². The predicted octanol–water partition coefficient (Wildman–Crippen LogP) is 3.18. The number of rotatable bonds is 1. The minimum atomic E-state index is -0.677. The normalized spacial score (nSPS) is 20.6. The monoisotopic (exact) mass is 358 g/mol. The van der Waals surface area contributed by atoms with Crippen LogP contribution in [0.4, 0.5) is 5.69 Å². The zero-order valence-electron chi connectivity index (χ0n) is 14.9. The molecule has 1 fully saturated rings. The van der Waals surface area contributed by atoms with Crippen LogP contribution in [0.15, 0.2) is 59.4 Å². The summed E-state index contributed by atoms with van der Waals surface area (Å²) >= 11 is 0. The van der Waals surface area contributed by atoms with Gasteiger partial charge in [-0.3, -0.25) is 14.5 Å². The van der Waals surface area contributed by atoms with Gasteiger partial charge in [-0.1, -0.05) is 42.5 Å². The molecule has 6 heteroatoms. The fraction of sp³-hybridized carbons (Fsp3) is 0.238. The van der Waals surface area contributed by atoms with Gasteiger partial charge in [0.25, 0.3) is 5.56 Å². The number of hydrogen-bond acceptors (Lipinski definition) is 4. The molecule has 3 aromatic rings. The van der Waals surface area contributed by atoms with Crippen LogP contribution in [-0.4, -0.2) is 20.7 Å². The van der Waals surface area contributed by atoms with Crippen molar-refractivity contribution in [2.24, 2.45) is 0 Å². The number of amides is 1. The van der Waals surface area contributed by atoms with Crippen LogP contribution in [0.3, 0.4) is 0 Å². The number of carbonyl (C=O) groups excluding carboxylic acids is 1. The number of hydrogen-bond donors (Lipinski definition) is 0. The molecule has 27 heavy (non-hydrogen) atoms. The molecule has 6 nitrogen and oxygen atoms in total. The first-order chi connectivity index (χ1) is 13.1. The number of anilines is 1. The Morgan fingerprint density at radius 1 is 1.00 bits per heavy atom. The predicted molar refractivity (Wildman–Crippen MR) is 102 cm³/mol. The Bertz CT molecular complexity index is 1120. The minimum Gasteiger partial charge on any atom is -0.286 e. The molecule has 2 aliphatic heterocycles. The van der Waals surface area contributed by atoms with Gasteiger partial charge in [-0.05, 0) is 31.9 Å². The zero-order valence-corrected chi connectivity index (χ0v) is 14.9. The lowest BCUT2D eigenvalue weighted by Gasteiger charge is -2.49. The lowest BCUT2D eigenvalue weighted by molar-refractivity contribution is -0.122. The molecule has 1 saturated heterocycles. The van der Waals surface area contributed by atoms with E-state index in [4.69, 9.17) is 5.10 Å². The van der Waals surface area contributed by atoms with Crippen LogP contribution in [-0.2, 0) is 10.5 Å². The Morgan fingerprint density at radius 2 is 1.74 bits per heavy atom. The molecule has 1 amide bonds. The molecule has 5 rings (SSSR count). The summed E-state index contributed by atoms with van der Waals surface area (Å²) < 4.78 is 1.77. The minimum absolute atomic E-state index is 0.0728. The summed E-state index contributed by atoms with van der Waals surface area (Å²) in [5, 5.41) is 4.72. The van der Waals surface area contributed by atoms with Crippen LogP contribution in [0.25, 0.3) is 22.6 Å². The highest BCUT2D eigenvalue weighted by molar-refractivity contribution is 6.00. The molecule has 1 atom stereocenters. The summed E-state index contributed by atoms with van der Waals surface area (Å²) in [6.07, 6.45) is 2.05. The average molecular weight is 358 g/mol. The molecular formula is C21H18N4O2. The van der Waals surface area contributed by atoms with E-state index in [1.54, 1.807) is 4.68 Å². The smallest absolute Gasteiger partial charge is 0.286 e. The van der Waals surface area contributed by atoms with Crippen molar-refractivity contribution >= 4 is 11.6 Å². The van der Waals surface area contributed by atoms with Crippen LogP contribution in [0.1, 0.15) is 26.2 Å². The van der Waals surface area contributed by atoms with E-state index in [1.165, 1.54) is 0 Å². The van der Waals surface area contributed by atoms with E-state index < -0.39 is 5.66 Å². The SMILES string of the molecule is CC12CCCC(=O)N1c1ccccc1-c1nc(=O)c(-c3ccccc3)nn12. The van der Waals surface area contributed by atoms with E-state index in [0.29, 0.717) is 17.9 Å². The van der Waals surface area contributed by atoms with Crippen molar-refractivity contribution in [3.8, 4) is 22.6 Å². The molecule has 2 aromatic carbocycles. The summed E-state index contributed by atoms with van der Waals surface area (Å²) in [4.78, 5) is 31.8. The summed E-state index contributed by atoms with van der Waals surface area (Å²) in [6.45, 7) is 2.00. The molecular weight excluding hydrogens is 340 g/mol. The molecule has 0 spiro atoms. The first-order valence-electron chi connectivity index (χ1n) is 9.09. The first-order valence-corrected chi connectivity index (χ1v) is 9.09. The highest BCUT2D eigenvalue weighted by atomic mass is 16.2. The Labute approximate surface area is 156 Å². The lowest BCUT2D eigenvalue weighted by atomic mass is 9.91. The van der Waals surface area contributed by atoms with E-state index in [0.717, 1.165) is 29.7 Å². The summed E-state index contributed by atoms with van der Waals surface area (Å²) in [5.74, 6) is 0.590. The van der Waals surface area contributed by atoms with E-state index in [-0.39, 0.29) is 11.5 Å². The van der Waals surface area contributed by atoms with Gasteiger partial charge in [-0.2, -0.15) is 10.1 Å². The van der Waals surface area contributed by atoms with Gasteiger partial charge in [-0.25, -0.2) is 4.68 Å². The highest BCUT2D eigenvalue weighted by Gasteiger charge is 2.47. The quantitative estimate of drug-likeness (QED) is 0.670. The number of aromatic nitrogens is 3. The average Bonchev–Trinajstić information content (AvgIpc) is 2.68. The number of para-hydroxylation sites is 1. The van der Waals surface area contributed by atoms with Crippen LogP contribution >= 0.6 is 0 Å². The fourth-order valence-corrected chi connectivity index (χ4v) is 4.19. The molecule has 0 aliphatic carbocycles. The fourth-order valence-electron chi connectivity index (χ4n) is 4.19. The molecule has 0 radical (unpaired) electrons. The maximum atomic E-state index is 12.8. The lowest BCUT2D eigenvalue weighted by Crippen LogP contribution is -2.58. The molecule has 3 heterocycles. The van der Waals surface area contributed by atoms with E-state index in [9.17, 15) is 9.59 Å². The molecule has 0 N–H and O–H groups in total. The molecule has 134 valence electrons. The molecule has 1 aromatic heterocycles. The number of carbonyl (C=O) groups is 1. The highest BCUT2D eigenvalue weighted by Crippen LogP contribution is 2.46. The van der Waals surface area contributed by atoms with E-state index >= 15 is 0 Å². The van der Waals surface area contributed by atoms with Crippen molar-refractivity contribution in [3.63, 3.8) is 0 Å². The molecule has 2 aliphatic rings. The third kappa shape index (κ3) is 2.19. The van der Waals surface area contributed by atoms with Crippen LogP contribution in [0.2, 0.25) is 0 Å². The van der Waals surface area contributed by atoms with Gasteiger partial charge in [0, 0.05) is 17.5 Å². The second-order valence-corrected chi connectivity index (χ2v) is 7.18. The standard InChI is InChI=1S/C21H18N4O2/c1-21-13-7-12-17(26)24(21)16-11-6-5-10-15(16)19-22-20(27)18(23-25(19)21)14-8-3-2-4-9-14/h2-6,8-11H,7,12-13H2,1H3. The number of fused-ring (bicyclic) bond motifs is 6. The van der Waals surface area contributed by atoms with Crippen LogP contribution < -0.4 is 10.5 Å². The second kappa shape index (κ2) is 5.61. The molecule has 0 saturated carbocycles. The maximum absolute atomic E-state index is 12.8. The van der Waals surface area contributed by atoms with Crippen molar-refractivity contribution < 1.29 is 4.79 Å². The first kappa shape index (κ1) is 15.9. The van der Waals surface area contributed by atoms with Crippen LogP contribution in [0.5, 0.6) is 0 Å². The number of benzene rings is 2. The van der Waals surface area contributed by atoms with Gasteiger partial charge in [0.2, 0.25) is 5.91 Å².